The third-order valence-corrected chi connectivity index (χ3v) is 12.3. The minimum Gasteiger partial charge on any atom is -0.319 e. The van der Waals surface area contributed by atoms with Crippen LogP contribution in [0.1, 0.15) is 0 Å². The Kier molecular flexibility index (Phi) is 8.17. The van der Waals surface area contributed by atoms with Crippen LogP contribution in [0.15, 0.2) is 182 Å². The molecule has 9 aromatic carbocycles. The van der Waals surface area contributed by atoms with Crippen LogP contribution in [0, 0.1) is 0 Å². The smallest absolute Gasteiger partial charge is 0.164 e. The molecule has 0 aliphatic rings. The Morgan fingerprint density at radius 3 is 1.68 bits per heavy atom. The van der Waals surface area contributed by atoms with E-state index in [1.165, 1.54) is 37.9 Å². The minimum absolute atomic E-state index is 0.587. The number of rotatable bonds is 6. The highest BCUT2D eigenvalue weighted by molar-refractivity contribution is 7.70. The van der Waals surface area contributed by atoms with Crippen LogP contribution in [-0.4, -0.2) is 28.3 Å². The summed E-state index contributed by atoms with van der Waals surface area (Å²) in [6, 6.07) is 63.6. The molecule has 5 heteroatoms. The van der Waals surface area contributed by atoms with E-state index in [0.29, 0.717) is 17.5 Å². The molecule has 56 heavy (non-hydrogen) atoms. The lowest BCUT2D eigenvalue weighted by atomic mass is 9.87. The summed E-state index contributed by atoms with van der Waals surface area (Å²) in [7, 11) is -2.43. The maximum atomic E-state index is 13.0. The van der Waals surface area contributed by atoms with Crippen LogP contribution >= 0.6 is 7.14 Å². The summed E-state index contributed by atoms with van der Waals surface area (Å²) in [5.41, 5.74) is 7.12. The van der Waals surface area contributed by atoms with Gasteiger partial charge in [0.2, 0.25) is 0 Å². The molecule has 0 fully saturated rings. The SMILES string of the molecule is CP(C)(=O)c1cccc(-c2cccc(-c3nc(-c4ccccc4)nc(-c4ccc(-c5c6ccccc6cc6c5ccc5ccccc56)c5ccccc45)n3)c2)c1. The van der Waals surface area contributed by atoms with Crippen molar-refractivity contribution in [1.29, 1.82) is 0 Å². The predicted molar refractivity (Wildman–Crippen MR) is 236 cm³/mol. The number of fused-ring (bicyclic) bond motifs is 5. The van der Waals surface area contributed by atoms with Crippen molar-refractivity contribution in [3.05, 3.63) is 182 Å². The van der Waals surface area contributed by atoms with Gasteiger partial charge in [0.15, 0.2) is 17.5 Å². The minimum atomic E-state index is -2.43. The largest absolute Gasteiger partial charge is 0.319 e. The van der Waals surface area contributed by atoms with Crippen molar-refractivity contribution in [3.63, 3.8) is 0 Å². The lowest BCUT2D eigenvalue weighted by molar-refractivity contribution is 0.588. The molecule has 1 heterocycles. The van der Waals surface area contributed by atoms with Crippen molar-refractivity contribution in [2.45, 2.75) is 0 Å². The Balaban J connectivity index is 1.18. The van der Waals surface area contributed by atoms with Gasteiger partial charge in [0.1, 0.15) is 7.14 Å². The lowest BCUT2D eigenvalue weighted by Gasteiger charge is -2.17. The van der Waals surface area contributed by atoms with E-state index in [4.69, 9.17) is 15.0 Å². The van der Waals surface area contributed by atoms with Gasteiger partial charge in [-0.3, -0.25) is 0 Å². The summed E-state index contributed by atoms with van der Waals surface area (Å²) in [4.78, 5) is 15.4. The summed E-state index contributed by atoms with van der Waals surface area (Å²) in [6.45, 7) is 3.62. The molecular weight excluding hydrogens is 702 g/mol. The summed E-state index contributed by atoms with van der Waals surface area (Å²) in [6.07, 6.45) is 0. The van der Waals surface area contributed by atoms with E-state index in [1.807, 2.05) is 74.0 Å². The standard InChI is InChI=1S/C51H36N3OP/c1-56(2,55)39-21-13-19-36(31-39)35-18-12-20-38(30-35)50-52-49(34-15-4-3-5-16-34)53-51(54-50)46-29-28-44(42-24-10-11-25-43(42)46)48-41-23-9-7-17-37(41)32-47-40-22-8-6-14-33(40)26-27-45(47)48/h3-32H,1-2H3. The Morgan fingerprint density at radius 1 is 0.357 bits per heavy atom. The molecule has 0 saturated heterocycles. The highest BCUT2D eigenvalue weighted by Gasteiger charge is 2.19. The molecule has 0 spiro atoms. The Morgan fingerprint density at radius 2 is 0.911 bits per heavy atom. The van der Waals surface area contributed by atoms with Gasteiger partial charge >= 0.3 is 0 Å². The molecule has 0 N–H and O–H groups in total. The van der Waals surface area contributed by atoms with Gasteiger partial charge < -0.3 is 4.57 Å². The van der Waals surface area contributed by atoms with Crippen LogP contribution in [-0.2, 0) is 4.57 Å². The molecule has 0 amide bonds. The average molecular weight is 738 g/mol. The van der Waals surface area contributed by atoms with Crippen molar-refractivity contribution < 1.29 is 4.57 Å². The monoisotopic (exact) mass is 737 g/mol. The third-order valence-electron chi connectivity index (χ3n) is 10.8. The number of aromatic nitrogens is 3. The fraction of sp³-hybridized carbons (Fsp3) is 0.0392. The van der Waals surface area contributed by atoms with Crippen LogP contribution < -0.4 is 5.30 Å². The molecule has 0 unspecified atom stereocenters. The Labute approximate surface area is 325 Å². The molecule has 0 atom stereocenters. The fourth-order valence-corrected chi connectivity index (χ4v) is 8.92. The predicted octanol–water partition coefficient (Wildman–Crippen LogP) is 13.1. The lowest BCUT2D eigenvalue weighted by Crippen LogP contribution is -2.02. The van der Waals surface area contributed by atoms with Gasteiger partial charge in [0, 0.05) is 22.0 Å². The quantitative estimate of drug-likeness (QED) is 0.0968. The van der Waals surface area contributed by atoms with Gasteiger partial charge in [0.25, 0.3) is 0 Å². The van der Waals surface area contributed by atoms with Crippen molar-refractivity contribution in [1.82, 2.24) is 15.0 Å². The first-order valence-corrected chi connectivity index (χ1v) is 21.4. The summed E-state index contributed by atoms with van der Waals surface area (Å²) in [5.74, 6) is 1.80. The van der Waals surface area contributed by atoms with E-state index in [1.54, 1.807) is 0 Å². The van der Waals surface area contributed by atoms with Gasteiger partial charge in [-0.25, -0.2) is 15.0 Å². The van der Waals surface area contributed by atoms with E-state index >= 15 is 0 Å². The maximum absolute atomic E-state index is 13.0. The molecule has 0 radical (unpaired) electrons. The van der Waals surface area contributed by atoms with Crippen LogP contribution in [0.4, 0.5) is 0 Å². The molecule has 266 valence electrons. The topological polar surface area (TPSA) is 55.7 Å². The molecular formula is C51H36N3OP. The van der Waals surface area contributed by atoms with Gasteiger partial charge in [-0.15, -0.1) is 0 Å². The molecule has 1 aromatic heterocycles. The second-order valence-electron chi connectivity index (χ2n) is 14.7. The van der Waals surface area contributed by atoms with E-state index in [-0.39, 0.29) is 0 Å². The summed E-state index contributed by atoms with van der Waals surface area (Å²) < 4.78 is 13.0. The van der Waals surface area contributed by atoms with Crippen molar-refractivity contribution in [3.8, 4) is 56.4 Å². The second-order valence-corrected chi connectivity index (χ2v) is 17.9. The first kappa shape index (κ1) is 33.8. The Bertz CT molecular complexity index is 3200. The van der Waals surface area contributed by atoms with Crippen LogP contribution in [0.5, 0.6) is 0 Å². The normalized spacial score (nSPS) is 11.8. The third kappa shape index (κ3) is 5.96. The first-order valence-electron chi connectivity index (χ1n) is 18.8. The Hall–Kier alpha value is -6.74. The summed E-state index contributed by atoms with van der Waals surface area (Å²) >= 11 is 0. The van der Waals surface area contributed by atoms with Crippen molar-refractivity contribution in [2.24, 2.45) is 0 Å². The van der Waals surface area contributed by atoms with Gasteiger partial charge in [-0.05, 0) is 103 Å². The second kappa shape index (κ2) is 13.5. The van der Waals surface area contributed by atoms with Crippen molar-refractivity contribution >= 4 is 55.5 Å². The van der Waals surface area contributed by atoms with Crippen LogP contribution in [0.25, 0.3) is 99.5 Å². The van der Waals surface area contributed by atoms with Crippen LogP contribution in [0.2, 0.25) is 0 Å². The molecule has 0 aliphatic heterocycles. The zero-order chi connectivity index (χ0) is 37.8. The molecule has 10 aromatic rings. The first-order chi connectivity index (χ1) is 27.4. The maximum Gasteiger partial charge on any atom is 0.164 e. The van der Waals surface area contributed by atoms with Gasteiger partial charge in [-0.2, -0.15) is 0 Å². The van der Waals surface area contributed by atoms with Gasteiger partial charge in [0.05, 0.1) is 0 Å². The zero-order valence-electron chi connectivity index (χ0n) is 31.0. The molecule has 10 rings (SSSR count). The van der Waals surface area contributed by atoms with E-state index in [2.05, 4.69) is 121 Å². The zero-order valence-corrected chi connectivity index (χ0v) is 31.9. The molecule has 4 nitrogen and oxygen atoms in total. The van der Waals surface area contributed by atoms with E-state index in [0.717, 1.165) is 49.5 Å². The summed E-state index contributed by atoms with van der Waals surface area (Å²) in [5, 5.41) is 10.4. The highest BCUT2D eigenvalue weighted by Crippen LogP contribution is 2.44. The number of hydrogen-bond donors (Lipinski definition) is 0. The fourth-order valence-electron chi connectivity index (χ4n) is 8.02. The number of benzene rings is 9. The van der Waals surface area contributed by atoms with E-state index in [9.17, 15) is 4.57 Å². The highest BCUT2D eigenvalue weighted by atomic mass is 31.2. The van der Waals surface area contributed by atoms with Gasteiger partial charge in [-0.1, -0.05) is 158 Å². The molecule has 0 aliphatic carbocycles. The number of nitrogens with zero attached hydrogens (tertiary/aromatic N) is 3. The van der Waals surface area contributed by atoms with Crippen molar-refractivity contribution in [2.75, 3.05) is 13.3 Å². The van der Waals surface area contributed by atoms with E-state index < -0.39 is 7.14 Å². The van der Waals surface area contributed by atoms with Crippen LogP contribution in [0.3, 0.4) is 0 Å². The average Bonchev–Trinajstić information content (AvgIpc) is 3.25. The molecule has 0 saturated carbocycles. The molecule has 0 bridgehead atoms. The number of hydrogen-bond acceptors (Lipinski definition) is 4.